The zero-order valence-electron chi connectivity index (χ0n) is 14.9. The zero-order chi connectivity index (χ0) is 19.2. The average molecular weight is 375 g/mol. The fourth-order valence-electron chi connectivity index (χ4n) is 2.30. The molecule has 0 spiro atoms. The fourth-order valence-corrected chi connectivity index (χ4v) is 3.16. The number of carbonyl (C=O) groups excluding carboxylic acids is 1. The van der Waals surface area contributed by atoms with Crippen molar-refractivity contribution in [2.24, 2.45) is 0 Å². The predicted octanol–water partition coefficient (Wildman–Crippen LogP) is 2.91. The number of sulfonamides is 1. The molecule has 0 amide bonds. The Morgan fingerprint density at radius 1 is 1.12 bits per heavy atom. The van der Waals surface area contributed by atoms with Crippen molar-refractivity contribution in [3.8, 4) is 5.75 Å². The number of methoxy groups -OCH3 is 2. The second kappa shape index (κ2) is 8.64. The lowest BCUT2D eigenvalue weighted by molar-refractivity contribution is 0.0597. The van der Waals surface area contributed by atoms with Gasteiger partial charge in [-0.1, -0.05) is 36.4 Å². The molecule has 7 heteroatoms. The highest BCUT2D eigenvalue weighted by Gasteiger charge is 2.16. The van der Waals surface area contributed by atoms with Crippen LogP contribution in [0.4, 0.5) is 0 Å². The monoisotopic (exact) mass is 375 g/mol. The van der Waals surface area contributed by atoms with E-state index in [0.29, 0.717) is 11.3 Å². The van der Waals surface area contributed by atoms with Crippen LogP contribution < -0.4 is 4.74 Å². The summed E-state index contributed by atoms with van der Waals surface area (Å²) in [6, 6.07) is 14.1. The Morgan fingerprint density at radius 3 is 2.42 bits per heavy atom. The van der Waals surface area contributed by atoms with Crippen LogP contribution in [0, 0.1) is 0 Å². The molecule has 0 aliphatic heterocycles. The minimum absolute atomic E-state index is 0.229. The van der Waals surface area contributed by atoms with E-state index in [2.05, 4.69) is 0 Å². The van der Waals surface area contributed by atoms with Gasteiger partial charge in [0.25, 0.3) is 0 Å². The molecule has 0 saturated heterocycles. The van der Waals surface area contributed by atoms with Gasteiger partial charge in [0.05, 0.1) is 14.2 Å². The largest absolute Gasteiger partial charge is 0.496 e. The lowest BCUT2D eigenvalue weighted by atomic mass is 10.1. The minimum Gasteiger partial charge on any atom is -0.496 e. The van der Waals surface area contributed by atoms with E-state index < -0.39 is 16.0 Å². The molecule has 0 N–H and O–H groups in total. The lowest BCUT2D eigenvalue weighted by Crippen LogP contribution is -2.24. The Bertz CT molecular complexity index is 891. The third-order valence-corrected chi connectivity index (χ3v) is 5.22. The normalized spacial score (nSPS) is 11.7. The van der Waals surface area contributed by atoms with Crippen molar-refractivity contribution in [2.75, 3.05) is 21.3 Å². The van der Waals surface area contributed by atoms with Gasteiger partial charge in [-0.05, 0) is 29.3 Å². The summed E-state index contributed by atoms with van der Waals surface area (Å²) in [6.07, 6.45) is 1.43. The van der Waals surface area contributed by atoms with Crippen molar-refractivity contribution < 1.29 is 22.7 Å². The van der Waals surface area contributed by atoms with Gasteiger partial charge in [-0.25, -0.2) is 13.2 Å². The summed E-state index contributed by atoms with van der Waals surface area (Å²) in [5, 5.41) is 1.11. The molecule has 0 unspecified atom stereocenters. The molecule has 0 bridgehead atoms. The highest BCUT2D eigenvalue weighted by Crippen LogP contribution is 2.22. The second-order valence-corrected chi connectivity index (χ2v) is 7.47. The number of hydrogen-bond donors (Lipinski definition) is 0. The first-order chi connectivity index (χ1) is 12.4. The van der Waals surface area contributed by atoms with Gasteiger partial charge in [0.1, 0.15) is 11.3 Å². The summed E-state index contributed by atoms with van der Waals surface area (Å²) in [5.41, 5.74) is 1.67. The summed E-state index contributed by atoms with van der Waals surface area (Å²) in [6.45, 7) is 0.267. The second-order valence-electron chi connectivity index (χ2n) is 5.54. The average Bonchev–Trinajstić information content (AvgIpc) is 2.66. The maximum atomic E-state index is 12.4. The van der Waals surface area contributed by atoms with Gasteiger partial charge in [-0.3, -0.25) is 0 Å². The van der Waals surface area contributed by atoms with E-state index in [0.717, 1.165) is 11.0 Å². The molecule has 2 aromatic carbocycles. The maximum absolute atomic E-state index is 12.4. The quantitative estimate of drug-likeness (QED) is 0.696. The third-order valence-electron chi connectivity index (χ3n) is 3.74. The van der Waals surface area contributed by atoms with Gasteiger partial charge in [0, 0.05) is 19.0 Å². The Morgan fingerprint density at radius 2 is 1.81 bits per heavy atom. The summed E-state index contributed by atoms with van der Waals surface area (Å²) in [5.74, 6) is -0.195. The van der Waals surface area contributed by atoms with Gasteiger partial charge < -0.3 is 9.47 Å². The number of benzene rings is 2. The lowest BCUT2D eigenvalue weighted by Gasteiger charge is -2.14. The van der Waals surface area contributed by atoms with E-state index in [1.54, 1.807) is 12.1 Å². The molecule has 0 radical (unpaired) electrons. The molecular weight excluding hydrogens is 354 g/mol. The number of ether oxygens (including phenoxy) is 2. The smallest absolute Gasteiger partial charge is 0.341 e. The molecular formula is C19H21NO5S. The standard InChI is InChI=1S/C19H21NO5S/c1-20(14-16-7-5-4-6-8-16)26(22,23)12-11-15-9-10-18(24-2)17(13-15)19(21)25-3/h4-13H,14H2,1-3H3/b12-11+. The van der Waals surface area contributed by atoms with Crippen LogP contribution in [0.5, 0.6) is 5.75 Å². The van der Waals surface area contributed by atoms with Crippen LogP contribution in [0.25, 0.3) is 6.08 Å². The molecule has 2 rings (SSSR count). The zero-order valence-corrected chi connectivity index (χ0v) is 15.7. The first kappa shape index (κ1) is 19.7. The van der Waals surface area contributed by atoms with Crippen molar-refractivity contribution in [1.82, 2.24) is 4.31 Å². The number of esters is 1. The van der Waals surface area contributed by atoms with Gasteiger partial charge in [-0.2, -0.15) is 4.31 Å². The molecule has 138 valence electrons. The molecule has 0 fully saturated rings. The fraction of sp³-hybridized carbons (Fsp3) is 0.211. The van der Waals surface area contributed by atoms with Crippen LogP contribution in [0.2, 0.25) is 0 Å². The topological polar surface area (TPSA) is 72.9 Å². The van der Waals surface area contributed by atoms with Crippen molar-refractivity contribution in [1.29, 1.82) is 0 Å². The first-order valence-corrected chi connectivity index (χ1v) is 9.32. The highest BCUT2D eigenvalue weighted by molar-refractivity contribution is 7.92. The van der Waals surface area contributed by atoms with Gasteiger partial charge >= 0.3 is 5.97 Å². The van der Waals surface area contributed by atoms with E-state index in [9.17, 15) is 13.2 Å². The molecule has 0 aliphatic rings. The van der Waals surface area contributed by atoms with E-state index in [1.165, 1.54) is 37.7 Å². The third kappa shape index (κ3) is 4.93. The van der Waals surface area contributed by atoms with Crippen LogP contribution in [-0.4, -0.2) is 40.0 Å². The number of rotatable bonds is 7. The van der Waals surface area contributed by atoms with Crippen LogP contribution in [0.3, 0.4) is 0 Å². The highest BCUT2D eigenvalue weighted by atomic mass is 32.2. The Kier molecular flexibility index (Phi) is 6.54. The molecule has 26 heavy (non-hydrogen) atoms. The summed E-state index contributed by atoms with van der Waals surface area (Å²) in [7, 11) is 0.625. The number of hydrogen-bond acceptors (Lipinski definition) is 5. The Labute approximate surface area is 153 Å². The molecule has 0 aliphatic carbocycles. The molecule has 2 aromatic rings. The van der Waals surface area contributed by atoms with E-state index in [-0.39, 0.29) is 12.1 Å². The molecule has 6 nitrogen and oxygen atoms in total. The van der Waals surface area contributed by atoms with Crippen LogP contribution in [-0.2, 0) is 21.3 Å². The van der Waals surface area contributed by atoms with E-state index in [1.807, 2.05) is 30.3 Å². The van der Waals surface area contributed by atoms with Crippen LogP contribution in [0.15, 0.2) is 53.9 Å². The molecule has 0 aromatic heterocycles. The Balaban J connectivity index is 2.20. The van der Waals surface area contributed by atoms with E-state index >= 15 is 0 Å². The van der Waals surface area contributed by atoms with Crippen LogP contribution >= 0.6 is 0 Å². The van der Waals surface area contributed by atoms with Crippen molar-refractivity contribution >= 4 is 22.1 Å². The summed E-state index contributed by atoms with van der Waals surface area (Å²) in [4.78, 5) is 11.8. The van der Waals surface area contributed by atoms with Crippen molar-refractivity contribution in [2.45, 2.75) is 6.54 Å². The summed E-state index contributed by atoms with van der Waals surface area (Å²) >= 11 is 0. The molecule has 0 atom stereocenters. The van der Waals surface area contributed by atoms with Crippen molar-refractivity contribution in [3.05, 3.63) is 70.6 Å². The van der Waals surface area contributed by atoms with Gasteiger partial charge in [0.15, 0.2) is 0 Å². The maximum Gasteiger partial charge on any atom is 0.341 e. The Hall–Kier alpha value is -2.64. The van der Waals surface area contributed by atoms with Crippen LogP contribution in [0.1, 0.15) is 21.5 Å². The van der Waals surface area contributed by atoms with Gasteiger partial charge in [-0.15, -0.1) is 0 Å². The minimum atomic E-state index is -3.61. The SMILES string of the molecule is COC(=O)c1cc(/C=C/S(=O)(=O)N(C)Cc2ccccc2)ccc1OC. The first-order valence-electron chi connectivity index (χ1n) is 7.82. The van der Waals surface area contributed by atoms with Gasteiger partial charge in [0.2, 0.25) is 10.0 Å². The summed E-state index contributed by atoms with van der Waals surface area (Å²) < 4.78 is 35.9. The number of nitrogens with zero attached hydrogens (tertiary/aromatic N) is 1. The predicted molar refractivity (Wildman–Crippen MR) is 100 cm³/mol. The van der Waals surface area contributed by atoms with Crippen molar-refractivity contribution in [3.63, 3.8) is 0 Å². The molecule has 0 heterocycles. The van der Waals surface area contributed by atoms with E-state index in [4.69, 9.17) is 9.47 Å². The molecule has 0 saturated carbocycles. The number of carbonyl (C=O) groups is 1.